The van der Waals surface area contributed by atoms with Crippen molar-refractivity contribution < 1.29 is 9.84 Å². The molecule has 1 aliphatic rings. The topological polar surface area (TPSA) is 41.5 Å². The Morgan fingerprint density at radius 3 is 2.67 bits per heavy atom. The fourth-order valence-corrected chi connectivity index (χ4v) is 3.72. The zero-order chi connectivity index (χ0) is 16.6. The minimum Gasteiger partial charge on any atom is -0.482 e. The van der Waals surface area contributed by atoms with Crippen LogP contribution < -0.4 is 10.1 Å². The third-order valence-electron chi connectivity index (χ3n) is 4.80. The van der Waals surface area contributed by atoms with Gasteiger partial charge >= 0.3 is 0 Å². The standard InChI is InChI=1S/C21H21NO2/c1-22-14-21(23)13-16-8-3-5-11-18(16)20(21)24-19-12-6-9-15-7-2-4-10-17(15)19/h2-12,20,22-23H,13-14H2,1H3/t20-,21+/m0/s1. The lowest BCUT2D eigenvalue weighted by molar-refractivity contribution is -0.0478. The Morgan fingerprint density at radius 2 is 1.79 bits per heavy atom. The van der Waals surface area contributed by atoms with E-state index in [0.29, 0.717) is 13.0 Å². The molecule has 122 valence electrons. The molecule has 0 aromatic heterocycles. The summed E-state index contributed by atoms with van der Waals surface area (Å²) in [7, 11) is 1.86. The van der Waals surface area contributed by atoms with Gasteiger partial charge in [-0.15, -0.1) is 0 Å². The van der Waals surface area contributed by atoms with Crippen molar-refractivity contribution in [3.8, 4) is 5.75 Å². The second kappa shape index (κ2) is 5.93. The first-order chi connectivity index (χ1) is 11.7. The van der Waals surface area contributed by atoms with Crippen molar-refractivity contribution in [2.45, 2.75) is 18.1 Å². The lowest BCUT2D eigenvalue weighted by Crippen LogP contribution is -2.45. The van der Waals surface area contributed by atoms with E-state index in [2.05, 4.69) is 35.6 Å². The summed E-state index contributed by atoms with van der Waals surface area (Å²) in [6.45, 7) is 0.483. The van der Waals surface area contributed by atoms with E-state index in [0.717, 1.165) is 27.6 Å². The van der Waals surface area contributed by atoms with Crippen molar-refractivity contribution in [1.29, 1.82) is 0 Å². The molecule has 0 radical (unpaired) electrons. The van der Waals surface area contributed by atoms with Crippen LogP contribution in [0.1, 0.15) is 17.2 Å². The molecule has 0 fully saturated rings. The highest BCUT2D eigenvalue weighted by Gasteiger charge is 2.46. The molecule has 3 heteroatoms. The average molecular weight is 319 g/mol. The molecule has 3 aromatic rings. The fourth-order valence-electron chi connectivity index (χ4n) is 3.72. The summed E-state index contributed by atoms with van der Waals surface area (Å²) < 4.78 is 6.39. The van der Waals surface area contributed by atoms with Gasteiger partial charge in [0.1, 0.15) is 11.4 Å². The predicted octanol–water partition coefficient (Wildman–Crippen LogP) is 3.47. The normalized spacial score (nSPS) is 22.5. The third kappa shape index (κ3) is 2.46. The number of likely N-dealkylation sites (N-methyl/N-ethyl adjacent to an activating group) is 1. The van der Waals surface area contributed by atoms with Crippen molar-refractivity contribution >= 4 is 10.8 Å². The van der Waals surface area contributed by atoms with Crippen LogP contribution in [0, 0.1) is 0 Å². The van der Waals surface area contributed by atoms with Gasteiger partial charge in [0.2, 0.25) is 0 Å². The monoisotopic (exact) mass is 319 g/mol. The molecule has 0 aliphatic heterocycles. The summed E-state index contributed by atoms with van der Waals surface area (Å²) >= 11 is 0. The molecular formula is C21H21NO2. The average Bonchev–Trinajstić information content (AvgIpc) is 2.87. The van der Waals surface area contributed by atoms with Crippen molar-refractivity contribution in [2.24, 2.45) is 0 Å². The van der Waals surface area contributed by atoms with Gasteiger partial charge in [0, 0.05) is 18.4 Å². The van der Waals surface area contributed by atoms with Crippen molar-refractivity contribution in [1.82, 2.24) is 5.32 Å². The Hall–Kier alpha value is -2.36. The van der Waals surface area contributed by atoms with Gasteiger partial charge < -0.3 is 15.2 Å². The largest absolute Gasteiger partial charge is 0.482 e. The highest BCUT2D eigenvalue weighted by Crippen LogP contribution is 2.43. The number of nitrogens with one attached hydrogen (secondary N) is 1. The van der Waals surface area contributed by atoms with Gasteiger partial charge in [-0.2, -0.15) is 0 Å². The first-order valence-corrected chi connectivity index (χ1v) is 8.30. The Morgan fingerprint density at radius 1 is 1.04 bits per heavy atom. The van der Waals surface area contributed by atoms with Crippen molar-refractivity contribution in [2.75, 3.05) is 13.6 Å². The van der Waals surface area contributed by atoms with E-state index in [-0.39, 0.29) is 6.10 Å². The number of aliphatic hydroxyl groups is 1. The lowest BCUT2D eigenvalue weighted by Gasteiger charge is -2.31. The Labute approximate surface area is 141 Å². The van der Waals surface area contributed by atoms with Gasteiger partial charge in [0.15, 0.2) is 6.10 Å². The van der Waals surface area contributed by atoms with Crippen molar-refractivity contribution in [3.63, 3.8) is 0 Å². The van der Waals surface area contributed by atoms with Gasteiger partial charge in [-0.3, -0.25) is 0 Å². The number of fused-ring (bicyclic) bond motifs is 2. The number of benzene rings is 3. The molecule has 4 rings (SSSR count). The zero-order valence-corrected chi connectivity index (χ0v) is 13.7. The summed E-state index contributed by atoms with van der Waals surface area (Å²) in [4.78, 5) is 0. The maximum absolute atomic E-state index is 11.2. The summed E-state index contributed by atoms with van der Waals surface area (Å²) in [5.74, 6) is 0.810. The van der Waals surface area contributed by atoms with Gasteiger partial charge in [0.25, 0.3) is 0 Å². The van der Waals surface area contributed by atoms with Gasteiger partial charge in [-0.1, -0.05) is 60.7 Å². The van der Waals surface area contributed by atoms with Crippen LogP contribution in [-0.2, 0) is 6.42 Å². The fraction of sp³-hybridized carbons (Fsp3) is 0.238. The second-order valence-electron chi connectivity index (χ2n) is 6.48. The Balaban J connectivity index is 1.78. The molecule has 1 aliphatic carbocycles. The molecule has 3 nitrogen and oxygen atoms in total. The molecule has 0 unspecified atom stereocenters. The maximum atomic E-state index is 11.2. The summed E-state index contributed by atoms with van der Waals surface area (Å²) in [5, 5.41) is 16.5. The maximum Gasteiger partial charge on any atom is 0.154 e. The Kier molecular flexibility index (Phi) is 3.75. The van der Waals surface area contributed by atoms with E-state index >= 15 is 0 Å². The number of ether oxygens (including phenoxy) is 1. The van der Waals surface area contributed by atoms with Crippen LogP contribution in [0.3, 0.4) is 0 Å². The quantitative estimate of drug-likeness (QED) is 0.774. The summed E-state index contributed by atoms with van der Waals surface area (Å²) in [6, 6.07) is 22.4. The number of hydrogen-bond donors (Lipinski definition) is 2. The van der Waals surface area contributed by atoms with E-state index in [9.17, 15) is 5.11 Å². The van der Waals surface area contributed by atoms with Crippen LogP contribution in [-0.4, -0.2) is 24.3 Å². The minimum absolute atomic E-state index is 0.382. The van der Waals surface area contributed by atoms with E-state index in [1.54, 1.807) is 0 Å². The second-order valence-corrected chi connectivity index (χ2v) is 6.48. The minimum atomic E-state index is -0.949. The Bertz CT molecular complexity index is 871. The highest BCUT2D eigenvalue weighted by molar-refractivity contribution is 5.88. The van der Waals surface area contributed by atoms with Gasteiger partial charge in [-0.05, 0) is 29.6 Å². The van der Waals surface area contributed by atoms with Crippen LogP contribution in [0.15, 0.2) is 66.7 Å². The molecule has 24 heavy (non-hydrogen) atoms. The molecule has 0 saturated heterocycles. The highest BCUT2D eigenvalue weighted by atomic mass is 16.5. The lowest BCUT2D eigenvalue weighted by atomic mass is 9.97. The SMILES string of the molecule is CNC[C@]1(O)Cc2ccccc2[C@@H]1Oc1cccc2ccccc12. The first kappa shape index (κ1) is 15.2. The third-order valence-corrected chi connectivity index (χ3v) is 4.80. The van der Waals surface area contributed by atoms with E-state index < -0.39 is 5.60 Å². The van der Waals surface area contributed by atoms with Gasteiger partial charge in [0.05, 0.1) is 0 Å². The van der Waals surface area contributed by atoms with E-state index in [4.69, 9.17) is 4.74 Å². The molecule has 2 atom stereocenters. The van der Waals surface area contributed by atoms with Crippen LogP contribution in [0.5, 0.6) is 5.75 Å². The molecule has 0 heterocycles. The van der Waals surface area contributed by atoms with Crippen LogP contribution in [0.25, 0.3) is 10.8 Å². The molecule has 3 aromatic carbocycles. The van der Waals surface area contributed by atoms with E-state index in [1.807, 2.05) is 43.4 Å². The zero-order valence-electron chi connectivity index (χ0n) is 13.7. The molecule has 0 bridgehead atoms. The summed E-state index contributed by atoms with van der Waals surface area (Å²) in [5.41, 5.74) is 1.28. The van der Waals surface area contributed by atoms with Crippen LogP contribution >= 0.6 is 0 Å². The molecule has 2 N–H and O–H groups in total. The smallest absolute Gasteiger partial charge is 0.154 e. The van der Waals surface area contributed by atoms with E-state index in [1.165, 1.54) is 0 Å². The predicted molar refractivity (Wildman–Crippen MR) is 96.3 cm³/mol. The molecule has 0 spiro atoms. The van der Waals surface area contributed by atoms with Crippen LogP contribution in [0.4, 0.5) is 0 Å². The number of rotatable bonds is 4. The molecular weight excluding hydrogens is 298 g/mol. The summed E-state index contributed by atoms with van der Waals surface area (Å²) in [6.07, 6.45) is 0.214. The van der Waals surface area contributed by atoms with Crippen molar-refractivity contribution in [3.05, 3.63) is 77.9 Å². The molecule has 0 saturated carbocycles. The first-order valence-electron chi connectivity index (χ1n) is 8.30. The molecule has 0 amide bonds. The van der Waals surface area contributed by atoms with Crippen LogP contribution in [0.2, 0.25) is 0 Å². The van der Waals surface area contributed by atoms with Gasteiger partial charge in [-0.25, -0.2) is 0 Å². The number of hydrogen-bond acceptors (Lipinski definition) is 3.